The molecule has 0 aliphatic carbocycles. The zero-order valence-electron chi connectivity index (χ0n) is 47.6. The summed E-state index contributed by atoms with van der Waals surface area (Å²) in [6, 6.07) is 59.7. The third-order valence-corrected chi connectivity index (χ3v) is 16.3. The molecule has 8 aromatic rings. The number of pyridine rings is 2. The molecule has 2 aromatic heterocycles. The number of ether oxygens (including phenoxy) is 8. The highest BCUT2D eigenvalue weighted by Crippen LogP contribution is 2.49. The second-order valence-electron chi connectivity index (χ2n) is 20.0. The van der Waals surface area contributed by atoms with Crippen molar-refractivity contribution in [3.8, 4) is 23.0 Å². The van der Waals surface area contributed by atoms with Crippen LogP contribution >= 0.6 is 8.53 Å². The van der Waals surface area contributed by atoms with Crippen LogP contribution in [0.15, 0.2) is 207 Å². The summed E-state index contributed by atoms with van der Waals surface area (Å²) >= 11 is 0. The Labute approximate surface area is 488 Å². The van der Waals surface area contributed by atoms with Gasteiger partial charge in [-0.05, 0) is 119 Å². The lowest BCUT2D eigenvalue weighted by Gasteiger charge is -2.37. The van der Waals surface area contributed by atoms with Gasteiger partial charge in [0, 0.05) is 37.6 Å². The van der Waals surface area contributed by atoms with Gasteiger partial charge in [-0.15, -0.1) is 0 Å². The van der Waals surface area contributed by atoms with Crippen LogP contribution in [-0.4, -0.2) is 113 Å². The van der Waals surface area contributed by atoms with E-state index in [1.807, 2.05) is 183 Å². The third-order valence-electron chi connectivity index (χ3n) is 14.8. The van der Waals surface area contributed by atoms with E-state index in [1.54, 1.807) is 47.0 Å². The first-order valence-corrected chi connectivity index (χ1v) is 28.6. The number of aliphatic hydroxyl groups is 1. The van der Waals surface area contributed by atoms with Gasteiger partial charge in [0.25, 0.3) is 8.53 Å². The Morgan fingerprint density at radius 1 is 0.530 bits per heavy atom. The minimum absolute atomic E-state index is 0.185. The van der Waals surface area contributed by atoms with Crippen LogP contribution in [-0.2, 0) is 39.2 Å². The minimum atomic E-state index is -1.43. The van der Waals surface area contributed by atoms with Crippen LogP contribution in [0.4, 0.5) is 0 Å². The molecule has 83 heavy (non-hydrogen) atoms. The van der Waals surface area contributed by atoms with Crippen LogP contribution in [0, 0.1) is 6.57 Å². The summed E-state index contributed by atoms with van der Waals surface area (Å²) in [6.45, 7) is 8.11. The van der Waals surface area contributed by atoms with Gasteiger partial charge in [0.05, 0.1) is 66.1 Å². The Hall–Kier alpha value is -7.58. The van der Waals surface area contributed by atoms with Crippen molar-refractivity contribution in [2.45, 2.75) is 60.7 Å². The standard InChI is InChI=1S/C36H40N3O6P.C31H31NO5/c1-37-22-23-43-46(39(2)3)45-34-24-33(27-10-9-21-38-25-27)44-35(34)26-42-36(28-11-7-6-8-12-28,29-13-17-31(40-4)18-14-29)30-15-19-32(41-5)20-16-30;1-34-26-14-10-24(11-15-26)31(23-8-4-3-5-9-23,25-12-16-27(35-2)17-13-25)36-21-30-28(33)19-29(37-30)22-7-6-18-32-20-22/h6-21,25,33-35H,22-24,26H2,2-5H3;3-18,20,28-30,33H,19,21H2,1-2H3/t33-,34?,35?,46?;28?,29-,30?/m11/s1. The average molecular weight is 1140 g/mol. The molecule has 5 unspecified atom stereocenters. The molecule has 0 amide bonds. The predicted octanol–water partition coefficient (Wildman–Crippen LogP) is 12.3. The molecule has 7 atom stereocenters. The highest BCUT2D eigenvalue weighted by atomic mass is 31.2. The molecule has 0 radical (unpaired) electrons. The summed E-state index contributed by atoms with van der Waals surface area (Å²) in [5.41, 5.74) is 5.61. The molecule has 0 saturated carbocycles. The maximum atomic E-state index is 10.9. The van der Waals surface area contributed by atoms with Crippen LogP contribution in [0.2, 0.25) is 0 Å². The normalized spacial score (nSPS) is 19.0. The Morgan fingerprint density at radius 2 is 0.916 bits per heavy atom. The van der Waals surface area contributed by atoms with Crippen molar-refractivity contribution in [2.75, 3.05) is 68.9 Å². The highest BCUT2D eigenvalue weighted by molar-refractivity contribution is 7.44. The summed E-state index contributed by atoms with van der Waals surface area (Å²) in [5.74, 6) is 3.02. The lowest BCUT2D eigenvalue weighted by Crippen LogP contribution is -2.38. The van der Waals surface area contributed by atoms with Crippen LogP contribution in [0.5, 0.6) is 23.0 Å². The van der Waals surface area contributed by atoms with Gasteiger partial charge in [0.15, 0.2) is 0 Å². The number of methoxy groups -OCH3 is 4. The summed E-state index contributed by atoms with van der Waals surface area (Å²) in [5, 5.41) is 10.9. The Kier molecular flexibility index (Phi) is 21.0. The zero-order valence-corrected chi connectivity index (χ0v) is 48.5. The van der Waals surface area contributed by atoms with Gasteiger partial charge in [-0.3, -0.25) is 9.97 Å². The zero-order chi connectivity index (χ0) is 58.0. The van der Waals surface area contributed by atoms with Crippen molar-refractivity contribution >= 4 is 8.53 Å². The van der Waals surface area contributed by atoms with E-state index in [4.69, 9.17) is 53.5 Å². The molecule has 4 heterocycles. The lowest BCUT2D eigenvalue weighted by atomic mass is 9.80. The number of aromatic nitrogens is 2. The SMILES string of the molecule is COc1ccc(C(OCC2O[C@@H](c3cccnc3)CC2O)(c2ccccc2)c2ccc(OC)cc2)cc1.[C-]#[N+]CCOP(OC1C[C@H](c2cccnc2)OC1COC(c1ccccc1)(c1ccc(OC)cc1)c1ccc(OC)cc1)N(C)C. The molecule has 15 nitrogen and oxygen atoms in total. The van der Waals surface area contributed by atoms with Crippen molar-refractivity contribution in [3.63, 3.8) is 0 Å². The number of benzene rings is 6. The van der Waals surface area contributed by atoms with E-state index in [0.717, 1.165) is 67.5 Å². The molecular weight excluding hydrogens is 1070 g/mol. The van der Waals surface area contributed by atoms with E-state index in [1.165, 1.54) is 0 Å². The van der Waals surface area contributed by atoms with Gasteiger partial charge in [-0.2, -0.15) is 0 Å². The first kappa shape index (κ1) is 60.0. The Morgan fingerprint density at radius 3 is 1.29 bits per heavy atom. The number of nitrogens with zero attached hydrogens (tertiary/aromatic N) is 4. The number of hydrogen-bond donors (Lipinski definition) is 1. The molecule has 1 N–H and O–H groups in total. The maximum Gasteiger partial charge on any atom is 0.258 e. The smallest absolute Gasteiger partial charge is 0.258 e. The van der Waals surface area contributed by atoms with Gasteiger partial charge in [0.2, 0.25) is 6.54 Å². The fourth-order valence-corrected chi connectivity index (χ4v) is 11.7. The molecule has 6 aromatic carbocycles. The third kappa shape index (κ3) is 14.3. The quantitative estimate of drug-likeness (QED) is 0.0265. The molecule has 10 rings (SSSR count). The molecule has 2 fully saturated rings. The maximum absolute atomic E-state index is 10.9. The summed E-state index contributed by atoms with van der Waals surface area (Å²) in [4.78, 5) is 11.9. The number of rotatable bonds is 24. The van der Waals surface area contributed by atoms with Crippen LogP contribution < -0.4 is 18.9 Å². The van der Waals surface area contributed by atoms with E-state index in [0.29, 0.717) is 19.4 Å². The lowest BCUT2D eigenvalue weighted by molar-refractivity contribution is -0.0828. The second kappa shape index (κ2) is 29.1. The van der Waals surface area contributed by atoms with E-state index < -0.39 is 38.0 Å². The molecule has 2 aliphatic heterocycles. The molecule has 0 spiro atoms. The van der Waals surface area contributed by atoms with Crippen molar-refractivity contribution in [3.05, 3.63) is 263 Å². The summed E-state index contributed by atoms with van der Waals surface area (Å²) in [7, 11) is 9.01. The first-order valence-electron chi connectivity index (χ1n) is 27.5. The molecule has 16 heteroatoms. The second-order valence-corrected chi connectivity index (χ2v) is 21.8. The van der Waals surface area contributed by atoms with Crippen molar-refractivity contribution < 1.29 is 52.0 Å². The Bertz CT molecular complexity index is 3140. The predicted molar refractivity (Wildman–Crippen MR) is 318 cm³/mol. The van der Waals surface area contributed by atoms with Gasteiger partial charge >= 0.3 is 0 Å². The first-order chi connectivity index (χ1) is 40.6. The monoisotopic (exact) mass is 1140 g/mol. The van der Waals surface area contributed by atoms with E-state index in [-0.39, 0.29) is 38.1 Å². The minimum Gasteiger partial charge on any atom is -0.497 e. The van der Waals surface area contributed by atoms with Crippen molar-refractivity contribution in [1.82, 2.24) is 14.6 Å². The van der Waals surface area contributed by atoms with Gasteiger partial charge in [0.1, 0.15) is 53.0 Å². The topological polar surface area (TPSA) is 146 Å². The largest absolute Gasteiger partial charge is 0.497 e. The molecule has 0 bridgehead atoms. The average Bonchev–Trinajstić information content (AvgIpc) is 4.31. The fraction of sp³-hybridized carbons (Fsp3) is 0.299. The van der Waals surface area contributed by atoms with Gasteiger partial charge in [-0.1, -0.05) is 121 Å². The molecule has 2 saturated heterocycles. The fourth-order valence-electron chi connectivity index (χ4n) is 10.5. The van der Waals surface area contributed by atoms with Crippen LogP contribution in [0.25, 0.3) is 4.85 Å². The van der Waals surface area contributed by atoms with Crippen LogP contribution in [0.3, 0.4) is 0 Å². The Balaban J connectivity index is 0.000000204. The number of aliphatic hydroxyl groups excluding tert-OH is 1. The van der Waals surface area contributed by atoms with Crippen molar-refractivity contribution in [2.24, 2.45) is 0 Å². The molecule has 430 valence electrons. The summed E-state index contributed by atoms with van der Waals surface area (Å²) in [6.07, 6.45) is 5.78. The number of hydrogen-bond acceptors (Lipinski definition) is 14. The molecular formula is C67H71N4O11P. The van der Waals surface area contributed by atoms with Crippen LogP contribution in [0.1, 0.15) is 69.6 Å². The highest BCUT2D eigenvalue weighted by Gasteiger charge is 2.45. The van der Waals surface area contributed by atoms with E-state index >= 15 is 0 Å². The summed E-state index contributed by atoms with van der Waals surface area (Å²) < 4.78 is 63.4. The van der Waals surface area contributed by atoms with Gasteiger partial charge in [-0.25, -0.2) is 11.2 Å². The molecule has 2 aliphatic rings. The van der Waals surface area contributed by atoms with E-state index in [2.05, 4.69) is 39.1 Å². The van der Waals surface area contributed by atoms with E-state index in [9.17, 15) is 5.11 Å². The van der Waals surface area contributed by atoms with Crippen molar-refractivity contribution in [1.29, 1.82) is 0 Å². The van der Waals surface area contributed by atoms with Gasteiger partial charge < -0.3 is 56.9 Å².